The molecular formula is C35H46F3N5O9S. The Kier molecular flexibility index (Phi) is 11.4. The lowest BCUT2D eigenvalue weighted by atomic mass is 10.0. The second-order valence-electron chi connectivity index (χ2n) is 15.0. The lowest BCUT2D eigenvalue weighted by molar-refractivity contribution is -0.141. The SMILES string of the molecule is COc1ccc(C(=O)N[C@@H]2C[C@H]3C(=O)N[C@]4(C(=O)NS(=O)(=O)C5CC5)C[C@H]4/C=C\CCCCC[C@H](NC(=O)OC(C)(C)C)C(=O)N3C2)cc1C(F)(F)F. The Bertz CT molecular complexity index is 1760. The number of ether oxygens (including phenoxy) is 2. The normalized spacial score (nSPS) is 27.5. The fourth-order valence-corrected chi connectivity index (χ4v) is 8.06. The van der Waals surface area contributed by atoms with Crippen LogP contribution in [-0.2, 0) is 35.3 Å². The highest BCUT2D eigenvalue weighted by Gasteiger charge is 2.62. The van der Waals surface area contributed by atoms with Crippen molar-refractivity contribution in [3.05, 3.63) is 41.5 Å². The molecule has 2 heterocycles. The zero-order chi connectivity index (χ0) is 38.9. The number of hydrogen-bond acceptors (Lipinski definition) is 9. The molecule has 0 aromatic heterocycles. The first-order chi connectivity index (χ1) is 24.7. The number of carbonyl (C=O) groups is 5. The van der Waals surface area contributed by atoms with Crippen LogP contribution in [0.1, 0.15) is 94.5 Å². The summed E-state index contributed by atoms with van der Waals surface area (Å²) in [5.74, 6) is -4.31. The molecule has 5 atom stereocenters. The molecule has 0 radical (unpaired) electrons. The summed E-state index contributed by atoms with van der Waals surface area (Å²) >= 11 is 0. The van der Waals surface area contributed by atoms with E-state index in [0.29, 0.717) is 44.6 Å². The topological polar surface area (TPSA) is 189 Å². The van der Waals surface area contributed by atoms with Gasteiger partial charge in [0.25, 0.3) is 11.8 Å². The largest absolute Gasteiger partial charge is 0.496 e. The zero-order valence-electron chi connectivity index (χ0n) is 30.0. The number of rotatable bonds is 7. The molecule has 2 aliphatic heterocycles. The van der Waals surface area contributed by atoms with Gasteiger partial charge in [0.15, 0.2) is 0 Å². The van der Waals surface area contributed by atoms with Crippen molar-refractivity contribution in [2.45, 2.75) is 119 Å². The first-order valence-electron chi connectivity index (χ1n) is 17.6. The second-order valence-corrected chi connectivity index (χ2v) is 17.0. The maximum atomic E-state index is 14.3. The number of sulfonamides is 1. The van der Waals surface area contributed by atoms with E-state index in [9.17, 15) is 45.6 Å². The van der Waals surface area contributed by atoms with Crippen LogP contribution in [0, 0.1) is 5.92 Å². The molecule has 4 aliphatic rings. The number of carbonyl (C=O) groups excluding carboxylic acids is 5. The molecule has 14 nitrogen and oxygen atoms in total. The molecule has 0 unspecified atom stereocenters. The van der Waals surface area contributed by atoms with Gasteiger partial charge in [-0.25, -0.2) is 13.2 Å². The van der Waals surface area contributed by atoms with Gasteiger partial charge in [0.05, 0.1) is 17.9 Å². The van der Waals surface area contributed by atoms with Crippen molar-refractivity contribution in [2.75, 3.05) is 13.7 Å². The van der Waals surface area contributed by atoms with Crippen molar-refractivity contribution in [3.63, 3.8) is 0 Å². The van der Waals surface area contributed by atoms with Gasteiger partial charge in [-0.2, -0.15) is 13.2 Å². The van der Waals surface area contributed by atoms with E-state index in [2.05, 4.69) is 20.7 Å². The lowest BCUT2D eigenvalue weighted by Gasteiger charge is -2.30. The van der Waals surface area contributed by atoms with Crippen LogP contribution in [0.2, 0.25) is 0 Å². The number of alkyl carbamates (subject to hydrolysis) is 1. The monoisotopic (exact) mass is 769 g/mol. The Balaban J connectivity index is 1.44. The van der Waals surface area contributed by atoms with Gasteiger partial charge < -0.3 is 30.3 Å². The van der Waals surface area contributed by atoms with E-state index in [1.807, 2.05) is 6.08 Å². The van der Waals surface area contributed by atoms with E-state index in [-0.39, 0.29) is 31.4 Å². The molecule has 5 amide bonds. The molecule has 292 valence electrons. The molecular weight excluding hydrogens is 723 g/mol. The van der Waals surface area contributed by atoms with Gasteiger partial charge in [-0.15, -0.1) is 0 Å². The van der Waals surface area contributed by atoms with Crippen LogP contribution in [0.25, 0.3) is 0 Å². The Morgan fingerprint density at radius 1 is 1.02 bits per heavy atom. The van der Waals surface area contributed by atoms with E-state index < -0.39 is 97.7 Å². The predicted molar refractivity (Wildman–Crippen MR) is 184 cm³/mol. The van der Waals surface area contributed by atoms with Crippen molar-refractivity contribution in [1.82, 2.24) is 25.6 Å². The second kappa shape index (κ2) is 15.2. The first-order valence-corrected chi connectivity index (χ1v) is 19.2. The smallest absolute Gasteiger partial charge is 0.419 e. The van der Waals surface area contributed by atoms with Gasteiger partial charge in [-0.05, 0) is 83.9 Å². The number of nitrogens with zero attached hydrogens (tertiary/aromatic N) is 1. The fourth-order valence-electron chi connectivity index (χ4n) is 6.69. The molecule has 2 aliphatic carbocycles. The Hall–Kier alpha value is -4.35. The number of allylic oxidation sites excluding steroid dienone is 1. The van der Waals surface area contributed by atoms with Crippen LogP contribution in [-0.4, -0.2) is 91.2 Å². The lowest BCUT2D eigenvalue weighted by Crippen LogP contribution is -2.58. The molecule has 18 heteroatoms. The molecule has 2 saturated carbocycles. The van der Waals surface area contributed by atoms with Crippen LogP contribution >= 0.6 is 0 Å². The highest BCUT2D eigenvalue weighted by molar-refractivity contribution is 7.91. The third-order valence-electron chi connectivity index (χ3n) is 9.67. The maximum Gasteiger partial charge on any atom is 0.419 e. The van der Waals surface area contributed by atoms with E-state index in [4.69, 9.17) is 9.47 Å². The summed E-state index contributed by atoms with van der Waals surface area (Å²) in [6.07, 6.45) is 1.34. The maximum absolute atomic E-state index is 14.3. The van der Waals surface area contributed by atoms with Crippen molar-refractivity contribution in [2.24, 2.45) is 5.92 Å². The standard InChI is InChI=1S/C35H46F3N5O9S/c1-33(2,3)52-32(48)40-25-11-9-7-5-6-8-10-21-18-34(21,31(47)42-53(49,50)23-13-14-23)41-29(45)26-17-22(19-43(26)30(25)46)39-28(44)20-12-15-27(51-4)24(16-20)35(36,37)38/h8,10,12,15-16,21-23,25-26H,5-7,9,11,13-14,17-19H2,1-4H3,(H,39,44)(H,40,48)(H,41,45)(H,42,47)/b10-8-/t21-,22-,25+,26+,34-/m1/s1. The van der Waals surface area contributed by atoms with Crippen LogP contribution in [0.15, 0.2) is 30.4 Å². The molecule has 0 bridgehead atoms. The van der Waals surface area contributed by atoms with E-state index in [1.54, 1.807) is 26.8 Å². The van der Waals surface area contributed by atoms with Gasteiger partial charge in [0, 0.05) is 24.1 Å². The van der Waals surface area contributed by atoms with Crippen LogP contribution in [0.5, 0.6) is 5.75 Å². The average Bonchev–Trinajstić information content (AvgIpc) is 3.98. The number of fused-ring (bicyclic) bond motifs is 2. The highest BCUT2D eigenvalue weighted by atomic mass is 32.2. The third kappa shape index (κ3) is 9.61. The van der Waals surface area contributed by atoms with Crippen molar-refractivity contribution in [1.29, 1.82) is 0 Å². The minimum absolute atomic E-state index is 0.101. The zero-order valence-corrected chi connectivity index (χ0v) is 30.8. The van der Waals surface area contributed by atoms with Crippen molar-refractivity contribution >= 4 is 39.7 Å². The fraction of sp³-hybridized carbons (Fsp3) is 0.629. The van der Waals surface area contributed by atoms with Crippen LogP contribution < -0.4 is 25.4 Å². The van der Waals surface area contributed by atoms with Gasteiger partial charge in [0.2, 0.25) is 21.8 Å². The summed E-state index contributed by atoms with van der Waals surface area (Å²) in [4.78, 5) is 69.3. The van der Waals surface area contributed by atoms with Crippen LogP contribution in [0.4, 0.5) is 18.0 Å². The van der Waals surface area contributed by atoms with E-state index >= 15 is 0 Å². The molecule has 53 heavy (non-hydrogen) atoms. The van der Waals surface area contributed by atoms with Crippen molar-refractivity contribution in [3.8, 4) is 5.75 Å². The number of halogens is 3. The minimum Gasteiger partial charge on any atom is -0.496 e. The summed E-state index contributed by atoms with van der Waals surface area (Å²) in [5.41, 5.74) is -4.03. The first kappa shape index (κ1) is 39.8. The molecule has 3 fully saturated rings. The summed E-state index contributed by atoms with van der Waals surface area (Å²) < 4.78 is 78.9. The summed E-state index contributed by atoms with van der Waals surface area (Å²) in [6.45, 7) is 4.69. The Morgan fingerprint density at radius 2 is 1.74 bits per heavy atom. The highest BCUT2D eigenvalue weighted by Crippen LogP contribution is 2.46. The number of alkyl halides is 3. The summed E-state index contributed by atoms with van der Waals surface area (Å²) in [7, 11) is -2.91. The van der Waals surface area contributed by atoms with E-state index in [1.165, 1.54) is 0 Å². The summed E-state index contributed by atoms with van der Waals surface area (Å²) in [5, 5.41) is 7.24. The molecule has 1 saturated heterocycles. The molecule has 4 N–H and O–H groups in total. The van der Waals surface area contributed by atoms with Gasteiger partial charge in [-0.1, -0.05) is 25.0 Å². The quantitative estimate of drug-likeness (QED) is 0.302. The molecule has 5 rings (SSSR count). The molecule has 0 spiro atoms. The predicted octanol–water partition coefficient (Wildman–Crippen LogP) is 3.31. The third-order valence-corrected chi connectivity index (χ3v) is 11.5. The molecule has 1 aromatic carbocycles. The number of benzene rings is 1. The molecule has 1 aromatic rings. The minimum atomic E-state index is -4.83. The number of nitrogens with one attached hydrogen (secondary N) is 4. The Labute approximate surface area is 306 Å². The Morgan fingerprint density at radius 3 is 2.38 bits per heavy atom. The van der Waals surface area contributed by atoms with Crippen LogP contribution in [0.3, 0.4) is 0 Å². The number of hydrogen-bond donors (Lipinski definition) is 4. The van der Waals surface area contributed by atoms with Crippen molar-refractivity contribution < 1.29 is 55.0 Å². The van der Waals surface area contributed by atoms with Gasteiger partial charge in [0.1, 0.15) is 29.0 Å². The van der Waals surface area contributed by atoms with Gasteiger partial charge >= 0.3 is 12.3 Å². The van der Waals surface area contributed by atoms with Gasteiger partial charge in [-0.3, -0.25) is 23.9 Å². The number of methoxy groups -OCH3 is 1. The van der Waals surface area contributed by atoms with E-state index in [0.717, 1.165) is 24.1 Å². The summed E-state index contributed by atoms with van der Waals surface area (Å²) in [6, 6.07) is -0.628. The number of amides is 5. The average molecular weight is 770 g/mol.